The Bertz CT molecular complexity index is 714. The molecule has 0 spiro atoms. The summed E-state index contributed by atoms with van der Waals surface area (Å²) in [6.45, 7) is 6.52. The van der Waals surface area contributed by atoms with Gasteiger partial charge in [0.05, 0.1) is 24.1 Å². The van der Waals surface area contributed by atoms with Gasteiger partial charge in [0.15, 0.2) is 9.84 Å². The second-order valence-electron chi connectivity index (χ2n) is 6.92. The van der Waals surface area contributed by atoms with E-state index in [1.165, 1.54) is 5.56 Å². The average molecular weight is 350 g/mol. The highest BCUT2D eigenvalue weighted by Crippen LogP contribution is 2.33. The van der Waals surface area contributed by atoms with Gasteiger partial charge in [0.25, 0.3) is 0 Å². The Hall–Kier alpha value is -1.40. The van der Waals surface area contributed by atoms with Crippen LogP contribution in [0.2, 0.25) is 0 Å². The Labute approximate surface area is 144 Å². The maximum atomic E-state index is 12.8. The molecule has 3 rings (SSSR count). The number of piperazine rings is 1. The van der Waals surface area contributed by atoms with Gasteiger partial charge in [0, 0.05) is 17.8 Å². The van der Waals surface area contributed by atoms with E-state index in [4.69, 9.17) is 0 Å². The number of hydrogen-bond acceptors (Lipinski definition) is 4. The summed E-state index contributed by atoms with van der Waals surface area (Å²) in [6.07, 6.45) is 1.85. The molecule has 2 aliphatic heterocycles. The molecular formula is C18H26N2O3S. The SMILES string of the molecule is CCc1ccc(N2C(=O)CN([C@@H](C)CC)[C@H]3CS(=O)(=O)C[C@H]32)cc1. The van der Waals surface area contributed by atoms with Crippen molar-refractivity contribution < 1.29 is 13.2 Å². The fraction of sp³-hybridized carbons (Fsp3) is 0.611. The second-order valence-corrected chi connectivity index (χ2v) is 9.08. The predicted octanol–water partition coefficient (Wildman–Crippen LogP) is 1.86. The number of carbonyl (C=O) groups excluding carboxylic acids is 1. The molecule has 1 aromatic rings. The topological polar surface area (TPSA) is 57.7 Å². The monoisotopic (exact) mass is 350 g/mol. The largest absolute Gasteiger partial charge is 0.306 e. The Kier molecular flexibility index (Phi) is 4.71. The zero-order chi connectivity index (χ0) is 17.5. The third-order valence-corrected chi connectivity index (χ3v) is 7.12. The zero-order valence-electron chi connectivity index (χ0n) is 14.6. The molecule has 2 heterocycles. The molecule has 6 heteroatoms. The minimum atomic E-state index is -3.12. The molecule has 3 atom stereocenters. The van der Waals surface area contributed by atoms with Crippen molar-refractivity contribution in [1.82, 2.24) is 4.90 Å². The van der Waals surface area contributed by atoms with Gasteiger partial charge in [-0.15, -0.1) is 0 Å². The standard InChI is InChI=1S/C18H26N2O3S/c1-4-13(3)19-10-18(21)20(15-8-6-14(5-2)7-9-15)17-12-24(22,23)11-16(17)19/h6-9,13,16-17H,4-5,10-12H2,1-3H3/t13-,16-,17+/m0/s1. The van der Waals surface area contributed by atoms with Crippen molar-refractivity contribution in [3.05, 3.63) is 29.8 Å². The van der Waals surface area contributed by atoms with Crippen molar-refractivity contribution >= 4 is 21.4 Å². The van der Waals surface area contributed by atoms with Crippen LogP contribution in [0.3, 0.4) is 0 Å². The molecule has 5 nitrogen and oxygen atoms in total. The summed E-state index contributed by atoms with van der Waals surface area (Å²) in [4.78, 5) is 16.6. The predicted molar refractivity (Wildman–Crippen MR) is 96.0 cm³/mol. The highest BCUT2D eigenvalue weighted by atomic mass is 32.2. The van der Waals surface area contributed by atoms with Crippen molar-refractivity contribution in [2.75, 3.05) is 23.0 Å². The molecule has 24 heavy (non-hydrogen) atoms. The first-order valence-corrected chi connectivity index (χ1v) is 10.6. The third-order valence-electron chi connectivity index (χ3n) is 5.42. The van der Waals surface area contributed by atoms with E-state index >= 15 is 0 Å². The molecular weight excluding hydrogens is 324 g/mol. The molecule has 1 amide bonds. The molecule has 0 radical (unpaired) electrons. The number of nitrogens with zero attached hydrogens (tertiary/aromatic N) is 2. The summed E-state index contributed by atoms with van der Waals surface area (Å²) in [6, 6.07) is 7.74. The first kappa shape index (κ1) is 17.4. The van der Waals surface area contributed by atoms with Crippen LogP contribution in [-0.2, 0) is 21.1 Å². The number of rotatable bonds is 4. The summed E-state index contributed by atoms with van der Waals surface area (Å²) in [7, 11) is -3.12. The zero-order valence-corrected chi connectivity index (χ0v) is 15.4. The molecule has 2 fully saturated rings. The third kappa shape index (κ3) is 3.09. The lowest BCUT2D eigenvalue weighted by atomic mass is 10.00. The van der Waals surface area contributed by atoms with Gasteiger partial charge in [-0.2, -0.15) is 0 Å². The second kappa shape index (κ2) is 6.48. The lowest BCUT2D eigenvalue weighted by Crippen LogP contribution is -2.63. The van der Waals surface area contributed by atoms with Crippen molar-refractivity contribution in [2.24, 2.45) is 0 Å². The number of aryl methyl sites for hydroxylation is 1. The Morgan fingerprint density at radius 3 is 2.33 bits per heavy atom. The van der Waals surface area contributed by atoms with E-state index in [1.54, 1.807) is 4.90 Å². The summed E-state index contributed by atoms with van der Waals surface area (Å²) in [5.74, 6) is 0.211. The first-order valence-electron chi connectivity index (χ1n) is 8.73. The molecule has 2 saturated heterocycles. The van der Waals surface area contributed by atoms with E-state index in [-0.39, 0.29) is 35.5 Å². The molecule has 1 aromatic carbocycles. The van der Waals surface area contributed by atoms with Crippen molar-refractivity contribution in [3.63, 3.8) is 0 Å². The van der Waals surface area contributed by atoms with Crippen molar-refractivity contribution in [1.29, 1.82) is 0 Å². The summed E-state index contributed by atoms with van der Waals surface area (Å²) >= 11 is 0. The number of amides is 1. The van der Waals surface area contributed by atoms with E-state index in [0.29, 0.717) is 6.54 Å². The van der Waals surface area contributed by atoms with E-state index in [1.807, 2.05) is 24.3 Å². The van der Waals surface area contributed by atoms with Gasteiger partial charge in [-0.3, -0.25) is 9.69 Å². The number of sulfone groups is 1. The molecule has 0 saturated carbocycles. The van der Waals surface area contributed by atoms with Crippen LogP contribution in [0, 0.1) is 0 Å². The number of fused-ring (bicyclic) bond motifs is 1. The van der Waals surface area contributed by atoms with Crippen molar-refractivity contribution in [2.45, 2.75) is 51.7 Å². The molecule has 0 aromatic heterocycles. The van der Waals surface area contributed by atoms with Crippen LogP contribution >= 0.6 is 0 Å². The number of hydrogen-bond donors (Lipinski definition) is 0. The first-order chi connectivity index (χ1) is 11.4. The van der Waals surface area contributed by atoms with Crippen LogP contribution in [0.25, 0.3) is 0 Å². The maximum absolute atomic E-state index is 12.8. The van der Waals surface area contributed by atoms with Gasteiger partial charge in [0.1, 0.15) is 0 Å². The van der Waals surface area contributed by atoms with Crippen LogP contribution in [0.4, 0.5) is 5.69 Å². The van der Waals surface area contributed by atoms with Gasteiger partial charge >= 0.3 is 0 Å². The highest BCUT2D eigenvalue weighted by Gasteiger charge is 2.50. The summed E-state index contributed by atoms with van der Waals surface area (Å²) in [5, 5.41) is 0. The van der Waals surface area contributed by atoms with Crippen LogP contribution in [-0.4, -0.2) is 55.4 Å². The maximum Gasteiger partial charge on any atom is 0.241 e. The highest BCUT2D eigenvalue weighted by molar-refractivity contribution is 7.91. The molecule has 0 N–H and O–H groups in total. The summed E-state index contributed by atoms with van der Waals surface area (Å²) < 4.78 is 24.5. The Balaban J connectivity index is 1.97. The minimum absolute atomic E-state index is 0.00195. The van der Waals surface area contributed by atoms with Crippen LogP contribution < -0.4 is 4.90 Å². The smallest absolute Gasteiger partial charge is 0.241 e. The lowest BCUT2D eigenvalue weighted by Gasteiger charge is -2.45. The minimum Gasteiger partial charge on any atom is -0.306 e. The van der Waals surface area contributed by atoms with Gasteiger partial charge in [0.2, 0.25) is 5.91 Å². The van der Waals surface area contributed by atoms with Gasteiger partial charge in [-0.05, 0) is 37.5 Å². The Morgan fingerprint density at radius 1 is 1.12 bits per heavy atom. The van der Waals surface area contributed by atoms with Crippen LogP contribution in [0.15, 0.2) is 24.3 Å². The molecule has 2 aliphatic rings. The Morgan fingerprint density at radius 2 is 1.75 bits per heavy atom. The van der Waals surface area contributed by atoms with Crippen LogP contribution in [0.5, 0.6) is 0 Å². The van der Waals surface area contributed by atoms with Crippen LogP contribution in [0.1, 0.15) is 32.8 Å². The molecule has 0 bridgehead atoms. The van der Waals surface area contributed by atoms with E-state index in [9.17, 15) is 13.2 Å². The summed E-state index contributed by atoms with van der Waals surface area (Å²) in [5.41, 5.74) is 2.02. The number of benzene rings is 1. The van der Waals surface area contributed by atoms with E-state index < -0.39 is 9.84 Å². The quantitative estimate of drug-likeness (QED) is 0.832. The van der Waals surface area contributed by atoms with Crippen molar-refractivity contribution in [3.8, 4) is 0 Å². The number of anilines is 1. The van der Waals surface area contributed by atoms with Gasteiger partial charge < -0.3 is 4.90 Å². The normalized spacial score (nSPS) is 28.0. The average Bonchev–Trinajstić information content (AvgIpc) is 2.88. The fourth-order valence-electron chi connectivity index (χ4n) is 3.85. The molecule has 0 unspecified atom stereocenters. The van der Waals surface area contributed by atoms with E-state index in [0.717, 1.165) is 18.5 Å². The van der Waals surface area contributed by atoms with Gasteiger partial charge in [-0.25, -0.2) is 8.42 Å². The fourth-order valence-corrected chi connectivity index (χ4v) is 5.82. The van der Waals surface area contributed by atoms with E-state index in [2.05, 4.69) is 25.7 Å². The van der Waals surface area contributed by atoms with Gasteiger partial charge in [-0.1, -0.05) is 26.0 Å². The number of carbonyl (C=O) groups is 1. The molecule has 0 aliphatic carbocycles. The lowest BCUT2D eigenvalue weighted by molar-refractivity contribution is -0.124. The molecule has 132 valence electrons.